The molecule has 0 saturated carbocycles. The number of hydrogen-bond acceptors (Lipinski definition) is 8. The first-order valence-electron chi connectivity index (χ1n) is 10.6. The first-order valence-corrected chi connectivity index (χ1v) is 10.6. The summed E-state index contributed by atoms with van der Waals surface area (Å²) < 4.78 is 20.9. The van der Waals surface area contributed by atoms with Crippen LogP contribution >= 0.6 is 0 Å². The molecule has 0 fully saturated rings. The zero-order valence-electron chi connectivity index (χ0n) is 18.3. The Morgan fingerprint density at radius 1 is 0.879 bits per heavy atom. The Balaban J connectivity index is 1.36. The van der Waals surface area contributed by atoms with Gasteiger partial charge in [0.05, 0.1) is 14.2 Å². The number of aromatic nitrogens is 3. The van der Waals surface area contributed by atoms with E-state index in [0.29, 0.717) is 28.5 Å². The fourth-order valence-electron chi connectivity index (χ4n) is 4.02. The number of aryl methyl sites for hydroxylation is 2. The molecule has 2 heterocycles. The van der Waals surface area contributed by atoms with Crippen LogP contribution in [-0.2, 0) is 12.8 Å². The fraction of sp³-hybridized carbons (Fsp3) is 0.250. The van der Waals surface area contributed by atoms with Gasteiger partial charge < -0.3 is 19.3 Å². The summed E-state index contributed by atoms with van der Waals surface area (Å²) in [5, 5.41) is 14.4. The number of ether oxygens (including phenoxy) is 2. The van der Waals surface area contributed by atoms with E-state index in [1.807, 2.05) is 6.07 Å². The van der Waals surface area contributed by atoms with Gasteiger partial charge in [0.2, 0.25) is 5.82 Å². The molecule has 9 heteroatoms. The SMILES string of the molecule is COc1ccc(-c2nonc2NC(=O)c2cc(-c3ccc4c(c3)CCCC4)on2)cc1OC. The largest absolute Gasteiger partial charge is 0.493 e. The van der Waals surface area contributed by atoms with Gasteiger partial charge in [0.15, 0.2) is 28.6 Å². The number of fused-ring (bicyclic) bond motifs is 1. The normalized spacial score (nSPS) is 12.8. The van der Waals surface area contributed by atoms with Crippen molar-refractivity contribution in [3.63, 3.8) is 0 Å². The minimum atomic E-state index is -0.486. The zero-order chi connectivity index (χ0) is 22.8. The van der Waals surface area contributed by atoms with E-state index in [4.69, 9.17) is 18.6 Å². The van der Waals surface area contributed by atoms with E-state index < -0.39 is 5.91 Å². The van der Waals surface area contributed by atoms with Gasteiger partial charge >= 0.3 is 0 Å². The predicted octanol–water partition coefficient (Wildman–Crippen LogP) is 4.54. The van der Waals surface area contributed by atoms with Crippen LogP contribution in [-0.4, -0.2) is 35.6 Å². The fourth-order valence-corrected chi connectivity index (χ4v) is 4.02. The van der Waals surface area contributed by atoms with Gasteiger partial charge in [0, 0.05) is 17.2 Å². The second-order valence-corrected chi connectivity index (χ2v) is 7.75. The summed E-state index contributed by atoms with van der Waals surface area (Å²) in [6.45, 7) is 0. The molecule has 2 aromatic heterocycles. The van der Waals surface area contributed by atoms with Crippen LogP contribution in [0.2, 0.25) is 0 Å². The molecule has 2 aromatic carbocycles. The number of nitrogens with zero attached hydrogens (tertiary/aromatic N) is 3. The van der Waals surface area contributed by atoms with Crippen LogP contribution in [0.5, 0.6) is 11.5 Å². The third-order valence-electron chi connectivity index (χ3n) is 5.75. The lowest BCUT2D eigenvalue weighted by atomic mass is 9.90. The van der Waals surface area contributed by atoms with Crippen LogP contribution in [0, 0.1) is 0 Å². The van der Waals surface area contributed by atoms with Crippen molar-refractivity contribution >= 4 is 11.7 Å². The number of carbonyl (C=O) groups excluding carboxylic acids is 1. The van der Waals surface area contributed by atoms with E-state index in [2.05, 4.69) is 32.9 Å². The van der Waals surface area contributed by atoms with Gasteiger partial charge in [-0.2, -0.15) is 0 Å². The number of nitrogens with one attached hydrogen (secondary N) is 1. The highest BCUT2D eigenvalue weighted by Gasteiger charge is 2.21. The molecule has 5 rings (SSSR count). The average Bonchev–Trinajstić information content (AvgIpc) is 3.53. The molecule has 0 aliphatic heterocycles. The first kappa shape index (κ1) is 20.7. The van der Waals surface area contributed by atoms with E-state index in [1.54, 1.807) is 31.4 Å². The molecular formula is C24H22N4O5. The molecule has 9 nitrogen and oxygen atoms in total. The van der Waals surface area contributed by atoms with Crippen molar-refractivity contribution in [3.8, 4) is 34.1 Å². The number of amides is 1. The van der Waals surface area contributed by atoms with Crippen molar-refractivity contribution in [2.75, 3.05) is 19.5 Å². The van der Waals surface area contributed by atoms with Crippen molar-refractivity contribution in [1.82, 2.24) is 15.5 Å². The summed E-state index contributed by atoms with van der Waals surface area (Å²) in [6, 6.07) is 13.1. The third-order valence-corrected chi connectivity index (χ3v) is 5.75. The summed E-state index contributed by atoms with van der Waals surface area (Å²) in [6.07, 6.45) is 4.58. The summed E-state index contributed by atoms with van der Waals surface area (Å²) in [5.41, 5.74) is 4.72. The Kier molecular flexibility index (Phi) is 5.52. The van der Waals surface area contributed by atoms with Gasteiger partial charge in [-0.15, -0.1) is 0 Å². The number of rotatable bonds is 6. The first-order chi connectivity index (χ1) is 16.2. The lowest BCUT2D eigenvalue weighted by Gasteiger charge is -2.15. The molecule has 0 saturated heterocycles. The average molecular weight is 446 g/mol. The lowest BCUT2D eigenvalue weighted by molar-refractivity contribution is 0.101. The summed E-state index contributed by atoms with van der Waals surface area (Å²) in [5.74, 6) is 1.29. The van der Waals surface area contributed by atoms with Crippen LogP contribution in [0.15, 0.2) is 51.6 Å². The van der Waals surface area contributed by atoms with E-state index in [-0.39, 0.29) is 11.5 Å². The van der Waals surface area contributed by atoms with Gasteiger partial charge in [0.1, 0.15) is 0 Å². The Morgan fingerprint density at radius 2 is 1.67 bits per heavy atom. The molecule has 0 radical (unpaired) electrons. The Bertz CT molecular complexity index is 1310. The molecule has 168 valence electrons. The molecule has 1 aliphatic carbocycles. The number of anilines is 1. The zero-order valence-corrected chi connectivity index (χ0v) is 18.3. The summed E-state index contributed by atoms with van der Waals surface area (Å²) in [4.78, 5) is 12.8. The number of benzene rings is 2. The highest BCUT2D eigenvalue weighted by atomic mass is 16.6. The third kappa shape index (κ3) is 4.05. The minimum Gasteiger partial charge on any atom is -0.493 e. The van der Waals surface area contributed by atoms with Gasteiger partial charge in [-0.1, -0.05) is 17.3 Å². The minimum absolute atomic E-state index is 0.129. The molecule has 1 N–H and O–H groups in total. The molecular weight excluding hydrogens is 424 g/mol. The summed E-state index contributed by atoms with van der Waals surface area (Å²) >= 11 is 0. The van der Waals surface area contributed by atoms with Crippen LogP contribution in [0.1, 0.15) is 34.5 Å². The molecule has 33 heavy (non-hydrogen) atoms. The monoisotopic (exact) mass is 446 g/mol. The second kappa shape index (κ2) is 8.78. The molecule has 1 amide bonds. The molecule has 1 aliphatic rings. The van der Waals surface area contributed by atoms with Gasteiger partial charge in [-0.05, 0) is 71.4 Å². The van der Waals surface area contributed by atoms with Crippen LogP contribution in [0.3, 0.4) is 0 Å². The molecule has 0 unspecified atom stereocenters. The smallest absolute Gasteiger partial charge is 0.279 e. The van der Waals surface area contributed by atoms with Gasteiger partial charge in [0.25, 0.3) is 5.91 Å². The van der Waals surface area contributed by atoms with Crippen LogP contribution < -0.4 is 14.8 Å². The topological polar surface area (TPSA) is 113 Å². The number of methoxy groups -OCH3 is 2. The number of carbonyl (C=O) groups is 1. The van der Waals surface area contributed by atoms with E-state index in [0.717, 1.165) is 18.4 Å². The van der Waals surface area contributed by atoms with E-state index >= 15 is 0 Å². The number of hydrogen-bond donors (Lipinski definition) is 1. The maximum atomic E-state index is 12.8. The quantitative estimate of drug-likeness (QED) is 0.459. The summed E-state index contributed by atoms with van der Waals surface area (Å²) in [7, 11) is 3.09. The van der Waals surface area contributed by atoms with E-state index in [1.165, 1.54) is 31.1 Å². The molecule has 0 bridgehead atoms. The van der Waals surface area contributed by atoms with Crippen LogP contribution in [0.25, 0.3) is 22.6 Å². The highest BCUT2D eigenvalue weighted by Crippen LogP contribution is 2.34. The van der Waals surface area contributed by atoms with Crippen molar-refractivity contribution < 1.29 is 23.4 Å². The Morgan fingerprint density at radius 3 is 2.48 bits per heavy atom. The molecule has 0 spiro atoms. The van der Waals surface area contributed by atoms with Crippen molar-refractivity contribution in [2.45, 2.75) is 25.7 Å². The van der Waals surface area contributed by atoms with Gasteiger partial charge in [-0.25, -0.2) is 4.63 Å². The Hall–Kier alpha value is -4.14. The van der Waals surface area contributed by atoms with E-state index in [9.17, 15) is 4.79 Å². The van der Waals surface area contributed by atoms with Gasteiger partial charge in [-0.3, -0.25) is 4.79 Å². The maximum Gasteiger partial charge on any atom is 0.279 e. The second-order valence-electron chi connectivity index (χ2n) is 7.75. The Labute approximate surface area is 189 Å². The van der Waals surface area contributed by atoms with Crippen LogP contribution in [0.4, 0.5) is 5.82 Å². The molecule has 4 aromatic rings. The predicted molar refractivity (Wildman–Crippen MR) is 119 cm³/mol. The highest BCUT2D eigenvalue weighted by molar-refractivity contribution is 6.04. The van der Waals surface area contributed by atoms with Crippen molar-refractivity contribution in [2.24, 2.45) is 0 Å². The molecule has 0 atom stereocenters. The van der Waals surface area contributed by atoms with Crippen molar-refractivity contribution in [1.29, 1.82) is 0 Å². The standard InChI is InChI=1S/C24H22N4O5/c1-30-19-10-9-17(12-21(19)31-2)22-23(28-33-27-22)25-24(29)18-13-20(32-26-18)16-8-7-14-5-3-4-6-15(14)11-16/h7-13H,3-6H2,1-2H3,(H,25,28,29). The maximum absolute atomic E-state index is 12.8. The lowest BCUT2D eigenvalue weighted by Crippen LogP contribution is -2.13. The van der Waals surface area contributed by atoms with Crippen molar-refractivity contribution in [3.05, 3.63) is 59.3 Å².